The normalized spacial score (nSPS) is 60.0. The minimum absolute atomic E-state index is 0.609. The topological polar surface area (TPSA) is 3.24 Å². The highest BCUT2D eigenvalue weighted by Gasteiger charge is 2.67. The zero-order chi connectivity index (χ0) is 11.0. The van der Waals surface area contributed by atoms with Crippen molar-refractivity contribution in [3.63, 3.8) is 0 Å². The van der Waals surface area contributed by atoms with Crippen LogP contribution in [0, 0.1) is 23.2 Å². The van der Waals surface area contributed by atoms with Crippen molar-refractivity contribution in [1.82, 2.24) is 4.90 Å². The van der Waals surface area contributed by atoms with Crippen molar-refractivity contribution >= 4 is 0 Å². The molecule has 2 saturated heterocycles. The summed E-state index contributed by atoms with van der Waals surface area (Å²) in [6.45, 7) is 7.98. The highest BCUT2D eigenvalue weighted by molar-refractivity contribution is 5.20. The summed E-state index contributed by atoms with van der Waals surface area (Å²) < 4.78 is 0. The van der Waals surface area contributed by atoms with E-state index in [9.17, 15) is 0 Å². The Morgan fingerprint density at radius 2 is 2.00 bits per heavy atom. The Morgan fingerprint density at radius 3 is 2.88 bits per heavy atom. The minimum atomic E-state index is 0.609. The Bertz CT molecular complexity index is 325. The summed E-state index contributed by atoms with van der Waals surface area (Å²) in [5.74, 6) is 3.04. The largest absolute Gasteiger partial charge is 0.297 e. The molecule has 90 valence electrons. The van der Waals surface area contributed by atoms with Crippen molar-refractivity contribution in [1.29, 1.82) is 0 Å². The lowest BCUT2D eigenvalue weighted by molar-refractivity contribution is 0.00529. The van der Waals surface area contributed by atoms with E-state index >= 15 is 0 Å². The maximum Gasteiger partial charge on any atom is 0.0246 e. The SMILES string of the molecule is C[C@@H]1CN2C[C@@]34CCCC[C@@H]3[C@]2(C)[C@@H]1CC4. The van der Waals surface area contributed by atoms with Gasteiger partial charge in [-0.15, -0.1) is 0 Å². The van der Waals surface area contributed by atoms with Crippen LogP contribution in [0.3, 0.4) is 0 Å². The van der Waals surface area contributed by atoms with Crippen molar-refractivity contribution in [2.75, 3.05) is 13.1 Å². The van der Waals surface area contributed by atoms with Crippen LogP contribution < -0.4 is 0 Å². The van der Waals surface area contributed by atoms with Crippen molar-refractivity contribution in [2.24, 2.45) is 23.2 Å². The van der Waals surface area contributed by atoms with Crippen LogP contribution in [0.25, 0.3) is 0 Å². The average Bonchev–Trinajstić information content (AvgIpc) is 2.58. The van der Waals surface area contributed by atoms with Crippen LogP contribution in [0.2, 0.25) is 0 Å². The summed E-state index contributed by atoms with van der Waals surface area (Å²) in [6, 6.07) is 0. The summed E-state index contributed by atoms with van der Waals surface area (Å²) in [5, 5.41) is 0. The fraction of sp³-hybridized carbons (Fsp3) is 1.00. The molecule has 4 rings (SSSR count). The van der Waals surface area contributed by atoms with Crippen molar-refractivity contribution in [2.45, 2.75) is 57.9 Å². The predicted octanol–water partition coefficient (Wildman–Crippen LogP) is 3.30. The van der Waals surface area contributed by atoms with Gasteiger partial charge in [0.2, 0.25) is 0 Å². The molecule has 0 aromatic rings. The van der Waals surface area contributed by atoms with Gasteiger partial charge in [0.25, 0.3) is 0 Å². The first-order chi connectivity index (χ1) is 7.67. The molecule has 0 radical (unpaired) electrons. The van der Waals surface area contributed by atoms with E-state index in [1.54, 1.807) is 12.8 Å². The Labute approximate surface area is 99.6 Å². The summed E-state index contributed by atoms with van der Waals surface area (Å²) in [7, 11) is 0. The van der Waals surface area contributed by atoms with E-state index in [4.69, 9.17) is 0 Å². The standard InChI is InChI=1S/C15H25N/c1-11-9-16-10-15-7-4-3-5-13(15)14(16,2)12(11)6-8-15/h11-13H,3-10H2,1-2H3/t11-,12-,13-,14+,15+/m1/s1. The minimum Gasteiger partial charge on any atom is -0.297 e. The van der Waals surface area contributed by atoms with Gasteiger partial charge in [-0.25, -0.2) is 0 Å². The van der Waals surface area contributed by atoms with E-state index in [0.29, 0.717) is 5.54 Å². The van der Waals surface area contributed by atoms with Gasteiger partial charge in [-0.3, -0.25) is 4.90 Å². The van der Waals surface area contributed by atoms with Crippen LogP contribution in [-0.4, -0.2) is 23.5 Å². The van der Waals surface area contributed by atoms with Gasteiger partial charge in [0, 0.05) is 18.6 Å². The monoisotopic (exact) mass is 219 g/mol. The fourth-order valence-corrected chi connectivity index (χ4v) is 6.38. The number of hydrogen-bond donors (Lipinski definition) is 0. The quantitative estimate of drug-likeness (QED) is 0.604. The molecule has 16 heavy (non-hydrogen) atoms. The van der Waals surface area contributed by atoms with Crippen LogP contribution in [-0.2, 0) is 0 Å². The number of nitrogens with zero attached hydrogens (tertiary/aromatic N) is 1. The van der Waals surface area contributed by atoms with Crippen LogP contribution >= 0.6 is 0 Å². The second kappa shape index (κ2) is 2.85. The number of hydrogen-bond acceptors (Lipinski definition) is 1. The van der Waals surface area contributed by atoms with Crippen LogP contribution in [0.5, 0.6) is 0 Å². The van der Waals surface area contributed by atoms with E-state index in [0.717, 1.165) is 23.2 Å². The molecule has 2 saturated carbocycles. The third-order valence-electron chi connectivity index (χ3n) is 6.95. The Hall–Kier alpha value is -0.0400. The molecule has 5 atom stereocenters. The van der Waals surface area contributed by atoms with Gasteiger partial charge >= 0.3 is 0 Å². The van der Waals surface area contributed by atoms with E-state index in [-0.39, 0.29) is 0 Å². The van der Waals surface area contributed by atoms with Crippen LogP contribution in [0.15, 0.2) is 0 Å². The molecule has 2 aliphatic carbocycles. The third-order valence-corrected chi connectivity index (χ3v) is 6.95. The molecule has 2 bridgehead atoms. The lowest BCUT2D eigenvalue weighted by atomic mass is 9.53. The molecule has 0 amide bonds. The van der Waals surface area contributed by atoms with Crippen LogP contribution in [0.1, 0.15) is 52.4 Å². The van der Waals surface area contributed by atoms with E-state index in [1.165, 1.54) is 38.8 Å². The van der Waals surface area contributed by atoms with Gasteiger partial charge in [0.1, 0.15) is 0 Å². The van der Waals surface area contributed by atoms with Gasteiger partial charge in [-0.2, -0.15) is 0 Å². The summed E-state index contributed by atoms with van der Waals surface area (Å²) in [5.41, 5.74) is 1.38. The molecular weight excluding hydrogens is 194 g/mol. The lowest BCUT2D eigenvalue weighted by Gasteiger charge is -2.51. The molecule has 0 aromatic carbocycles. The zero-order valence-electron chi connectivity index (χ0n) is 10.8. The first-order valence-corrected chi connectivity index (χ1v) is 7.42. The maximum atomic E-state index is 2.91. The maximum absolute atomic E-state index is 2.91. The molecule has 1 heteroatoms. The van der Waals surface area contributed by atoms with Crippen molar-refractivity contribution in [3.8, 4) is 0 Å². The second-order valence-electron chi connectivity index (χ2n) is 7.39. The smallest absolute Gasteiger partial charge is 0.0246 e. The summed E-state index contributed by atoms with van der Waals surface area (Å²) in [4.78, 5) is 2.91. The fourth-order valence-electron chi connectivity index (χ4n) is 6.38. The van der Waals surface area contributed by atoms with Crippen LogP contribution in [0.4, 0.5) is 0 Å². The number of rotatable bonds is 0. The third kappa shape index (κ3) is 0.903. The molecule has 0 unspecified atom stereocenters. The predicted molar refractivity (Wildman–Crippen MR) is 66.3 cm³/mol. The summed E-state index contributed by atoms with van der Waals surface area (Å²) >= 11 is 0. The van der Waals surface area contributed by atoms with Gasteiger partial charge in [-0.05, 0) is 55.8 Å². The van der Waals surface area contributed by atoms with Crippen molar-refractivity contribution in [3.05, 3.63) is 0 Å². The molecule has 0 aromatic heterocycles. The van der Waals surface area contributed by atoms with E-state index in [1.807, 2.05) is 0 Å². The Morgan fingerprint density at radius 1 is 1.12 bits per heavy atom. The van der Waals surface area contributed by atoms with Gasteiger partial charge < -0.3 is 0 Å². The van der Waals surface area contributed by atoms with E-state index in [2.05, 4.69) is 18.7 Å². The second-order valence-corrected chi connectivity index (χ2v) is 7.39. The van der Waals surface area contributed by atoms with Gasteiger partial charge in [-0.1, -0.05) is 19.8 Å². The first kappa shape index (κ1) is 9.94. The zero-order valence-corrected chi connectivity index (χ0v) is 10.8. The first-order valence-electron chi connectivity index (χ1n) is 7.42. The molecule has 2 heterocycles. The molecule has 1 nitrogen and oxygen atoms in total. The summed E-state index contributed by atoms with van der Waals surface area (Å²) in [6.07, 6.45) is 9.20. The van der Waals surface area contributed by atoms with Crippen molar-refractivity contribution < 1.29 is 0 Å². The average molecular weight is 219 g/mol. The van der Waals surface area contributed by atoms with Gasteiger partial charge in [0.05, 0.1) is 0 Å². The molecule has 0 spiro atoms. The Kier molecular flexibility index (Phi) is 1.77. The molecule has 4 aliphatic rings. The lowest BCUT2D eigenvalue weighted by Crippen LogP contribution is -2.51. The highest BCUT2D eigenvalue weighted by atomic mass is 15.3. The van der Waals surface area contributed by atoms with E-state index < -0.39 is 0 Å². The van der Waals surface area contributed by atoms with Gasteiger partial charge in [0.15, 0.2) is 0 Å². The molecule has 0 N–H and O–H groups in total. The molecule has 2 aliphatic heterocycles. The molecule has 4 fully saturated rings. The molecular formula is C15H25N. The highest BCUT2D eigenvalue weighted by Crippen LogP contribution is 2.66. The Balaban J connectivity index is 1.82.